The summed E-state index contributed by atoms with van der Waals surface area (Å²) in [6, 6.07) is 5.21. The summed E-state index contributed by atoms with van der Waals surface area (Å²) in [7, 11) is 0. The van der Waals surface area contributed by atoms with Gasteiger partial charge in [0.25, 0.3) is 0 Å². The molecule has 34 heavy (non-hydrogen) atoms. The molecule has 0 aliphatic carbocycles. The van der Waals surface area contributed by atoms with E-state index < -0.39 is 6.36 Å². The number of ether oxygens (including phenoxy) is 1. The molecule has 2 aliphatic heterocycles. The van der Waals surface area contributed by atoms with Crippen LogP contribution < -0.4 is 10.1 Å². The highest BCUT2D eigenvalue weighted by Gasteiger charge is 2.37. The third kappa shape index (κ3) is 6.27. The number of benzene rings is 1. The maximum absolute atomic E-state index is 12.6. The first-order chi connectivity index (χ1) is 16.3. The normalized spacial score (nSPS) is 20.8. The summed E-state index contributed by atoms with van der Waals surface area (Å²) in [4.78, 5) is 28.7. The second-order valence-electron chi connectivity index (χ2n) is 8.42. The zero-order chi connectivity index (χ0) is 24.1. The first-order valence-corrected chi connectivity index (χ1v) is 11.0. The van der Waals surface area contributed by atoms with Gasteiger partial charge in [0.15, 0.2) is 0 Å². The predicted molar refractivity (Wildman–Crippen MR) is 115 cm³/mol. The Kier molecular flexibility index (Phi) is 7.03. The van der Waals surface area contributed by atoms with Crippen molar-refractivity contribution in [3.63, 3.8) is 0 Å². The average molecular weight is 478 g/mol. The lowest BCUT2D eigenvalue weighted by atomic mass is 9.92. The fourth-order valence-electron chi connectivity index (χ4n) is 4.38. The van der Waals surface area contributed by atoms with Gasteiger partial charge in [0.05, 0.1) is 18.4 Å². The largest absolute Gasteiger partial charge is 0.573 e. The topological polar surface area (TPSA) is 103 Å². The highest BCUT2D eigenvalue weighted by Crippen LogP contribution is 2.32. The summed E-state index contributed by atoms with van der Waals surface area (Å²) in [5.41, 5.74) is 1.33. The Morgan fingerprint density at radius 2 is 1.79 bits per heavy atom. The molecule has 3 amide bonds. The lowest BCUT2D eigenvalue weighted by Crippen LogP contribution is -2.39. The van der Waals surface area contributed by atoms with Crippen LogP contribution in [-0.2, 0) is 11.3 Å². The summed E-state index contributed by atoms with van der Waals surface area (Å²) in [5, 5.41) is 12.9. The van der Waals surface area contributed by atoms with E-state index in [2.05, 4.69) is 25.5 Å². The quantitative estimate of drug-likeness (QED) is 0.644. The van der Waals surface area contributed by atoms with Crippen molar-refractivity contribution in [1.29, 1.82) is 0 Å². The van der Waals surface area contributed by atoms with E-state index >= 15 is 0 Å². The first-order valence-electron chi connectivity index (χ1n) is 11.0. The lowest BCUT2D eigenvalue weighted by Gasteiger charge is -2.21. The first kappa shape index (κ1) is 23.6. The molecule has 3 heterocycles. The van der Waals surface area contributed by atoms with Gasteiger partial charge < -0.3 is 19.9 Å². The van der Waals surface area contributed by atoms with Gasteiger partial charge in [-0.05, 0) is 48.4 Å². The standard InChI is InChI=1S/C22H25F3N6O3/c23-22(24,25)34-19-4-1-15(2-5-19)3-6-20(32)30-9-7-16-13-31(14-17(16)8-10-30)21(33)26-11-18-12-27-29-28-18/h1-6,12,16-17H,7-11,13-14H2,(H,26,33)(H,27,28,29)/b6-3+/t16-,17+. The number of halogens is 3. The van der Waals surface area contributed by atoms with E-state index in [-0.39, 0.29) is 17.7 Å². The average Bonchev–Trinajstić information content (AvgIpc) is 3.42. The van der Waals surface area contributed by atoms with Gasteiger partial charge in [-0.2, -0.15) is 0 Å². The number of fused-ring (bicyclic) bond motifs is 1. The molecule has 4 rings (SSSR count). The fourth-order valence-corrected chi connectivity index (χ4v) is 4.38. The zero-order valence-corrected chi connectivity index (χ0v) is 18.3. The summed E-state index contributed by atoms with van der Waals surface area (Å²) in [6.45, 7) is 2.84. The van der Waals surface area contributed by atoms with Gasteiger partial charge in [0.2, 0.25) is 5.91 Å². The van der Waals surface area contributed by atoms with Crippen LogP contribution in [0.5, 0.6) is 5.75 Å². The number of hydrogen-bond donors (Lipinski definition) is 2. The Hall–Kier alpha value is -3.57. The molecule has 2 aliphatic rings. The van der Waals surface area contributed by atoms with Crippen LogP contribution >= 0.6 is 0 Å². The Labute approximate surface area is 193 Å². The molecular formula is C22H25F3N6O3. The minimum atomic E-state index is -4.74. The van der Waals surface area contributed by atoms with Gasteiger partial charge >= 0.3 is 12.4 Å². The number of nitrogens with zero attached hydrogens (tertiary/aromatic N) is 4. The number of alkyl halides is 3. The van der Waals surface area contributed by atoms with E-state index in [0.717, 1.165) is 18.5 Å². The van der Waals surface area contributed by atoms with E-state index in [1.165, 1.54) is 30.3 Å². The summed E-state index contributed by atoms with van der Waals surface area (Å²) in [5.74, 6) is 0.222. The maximum Gasteiger partial charge on any atom is 0.573 e. The number of carbonyl (C=O) groups is 2. The predicted octanol–water partition coefficient (Wildman–Crippen LogP) is 2.80. The van der Waals surface area contributed by atoms with Crippen LogP contribution in [0, 0.1) is 11.8 Å². The number of aromatic amines is 1. The van der Waals surface area contributed by atoms with Crippen molar-refractivity contribution in [2.45, 2.75) is 25.7 Å². The number of nitrogens with one attached hydrogen (secondary N) is 2. The molecule has 0 bridgehead atoms. The van der Waals surface area contributed by atoms with Crippen molar-refractivity contribution >= 4 is 18.0 Å². The molecule has 1 aromatic heterocycles. The molecule has 2 fully saturated rings. The Bertz CT molecular complexity index is 994. The number of rotatable bonds is 5. The number of H-pyrrole nitrogens is 1. The number of likely N-dealkylation sites (tertiary alicyclic amines) is 2. The van der Waals surface area contributed by atoms with E-state index in [4.69, 9.17) is 0 Å². The molecule has 2 saturated heterocycles. The molecule has 2 N–H and O–H groups in total. The Morgan fingerprint density at radius 3 is 2.38 bits per heavy atom. The smallest absolute Gasteiger partial charge is 0.406 e. The molecule has 0 saturated carbocycles. The van der Waals surface area contributed by atoms with Crippen LogP contribution in [0.3, 0.4) is 0 Å². The van der Waals surface area contributed by atoms with Crippen LogP contribution in [-0.4, -0.2) is 69.7 Å². The van der Waals surface area contributed by atoms with Crippen LogP contribution in [0.1, 0.15) is 24.1 Å². The van der Waals surface area contributed by atoms with Crippen LogP contribution in [0.15, 0.2) is 36.5 Å². The molecule has 12 heteroatoms. The number of hydrogen-bond acceptors (Lipinski definition) is 5. The van der Waals surface area contributed by atoms with Crippen molar-refractivity contribution in [2.24, 2.45) is 11.8 Å². The third-order valence-electron chi connectivity index (χ3n) is 6.14. The Balaban J connectivity index is 1.24. The van der Waals surface area contributed by atoms with Crippen LogP contribution in [0.25, 0.3) is 6.08 Å². The van der Waals surface area contributed by atoms with Gasteiger partial charge in [0, 0.05) is 32.3 Å². The van der Waals surface area contributed by atoms with Crippen molar-refractivity contribution in [2.75, 3.05) is 26.2 Å². The number of amides is 3. The second kappa shape index (κ2) is 10.1. The van der Waals surface area contributed by atoms with Crippen molar-refractivity contribution < 1.29 is 27.5 Å². The van der Waals surface area contributed by atoms with Gasteiger partial charge in [0.1, 0.15) is 5.75 Å². The summed E-state index contributed by atoms with van der Waals surface area (Å²) in [6.07, 6.45) is 1.45. The molecule has 9 nitrogen and oxygen atoms in total. The maximum atomic E-state index is 12.6. The van der Waals surface area contributed by atoms with Crippen molar-refractivity contribution in [3.05, 3.63) is 47.8 Å². The minimum Gasteiger partial charge on any atom is -0.406 e. The molecule has 0 radical (unpaired) electrons. The van der Waals surface area contributed by atoms with Gasteiger partial charge in [-0.3, -0.25) is 9.89 Å². The SMILES string of the molecule is O=C(/C=C/c1ccc(OC(F)(F)F)cc1)N1CC[C@@H]2CN(C(=O)NCc3cnn[nH]3)C[C@@H]2CC1. The monoisotopic (exact) mass is 478 g/mol. The fraction of sp³-hybridized carbons (Fsp3) is 0.455. The number of urea groups is 1. The number of carbonyl (C=O) groups excluding carboxylic acids is 2. The molecule has 182 valence electrons. The van der Waals surface area contributed by atoms with Crippen LogP contribution in [0.4, 0.5) is 18.0 Å². The summed E-state index contributed by atoms with van der Waals surface area (Å²) >= 11 is 0. The summed E-state index contributed by atoms with van der Waals surface area (Å²) < 4.78 is 40.6. The molecule has 2 aromatic rings. The third-order valence-corrected chi connectivity index (χ3v) is 6.14. The highest BCUT2D eigenvalue weighted by molar-refractivity contribution is 5.91. The van der Waals surface area contributed by atoms with E-state index in [0.29, 0.717) is 50.1 Å². The number of aromatic nitrogens is 3. The van der Waals surface area contributed by atoms with Gasteiger partial charge in [-0.1, -0.05) is 17.3 Å². The second-order valence-corrected chi connectivity index (χ2v) is 8.42. The van der Waals surface area contributed by atoms with Gasteiger partial charge in [-0.25, -0.2) is 4.79 Å². The highest BCUT2D eigenvalue weighted by atomic mass is 19.4. The van der Waals surface area contributed by atoms with E-state index in [1.807, 2.05) is 4.90 Å². The van der Waals surface area contributed by atoms with Gasteiger partial charge in [-0.15, -0.1) is 18.3 Å². The molecule has 0 spiro atoms. The van der Waals surface area contributed by atoms with Crippen LogP contribution in [0.2, 0.25) is 0 Å². The molecule has 2 atom stereocenters. The van der Waals surface area contributed by atoms with E-state index in [9.17, 15) is 22.8 Å². The lowest BCUT2D eigenvalue weighted by molar-refractivity contribution is -0.274. The zero-order valence-electron chi connectivity index (χ0n) is 18.3. The Morgan fingerprint density at radius 1 is 1.12 bits per heavy atom. The van der Waals surface area contributed by atoms with Crippen molar-refractivity contribution in [1.82, 2.24) is 30.5 Å². The molecule has 1 aromatic carbocycles. The molecule has 0 unspecified atom stereocenters. The van der Waals surface area contributed by atoms with Crippen molar-refractivity contribution in [3.8, 4) is 5.75 Å². The molecular weight excluding hydrogens is 453 g/mol. The van der Waals surface area contributed by atoms with E-state index in [1.54, 1.807) is 17.2 Å². The minimum absolute atomic E-state index is 0.120.